The maximum absolute atomic E-state index is 5.10. The quantitative estimate of drug-likeness (QED) is 0.177. The third-order valence-electron chi connectivity index (χ3n) is 0.444. The van der Waals surface area contributed by atoms with Crippen molar-refractivity contribution in [3.8, 4) is 0 Å². The lowest BCUT2D eigenvalue weighted by molar-refractivity contribution is -0.264. The van der Waals surface area contributed by atoms with Crippen molar-refractivity contribution in [2.75, 3.05) is 5.75 Å². The molecule has 48 valence electrons. The number of amidine groups is 1. The summed E-state index contributed by atoms with van der Waals surface area (Å²) in [5.41, 5.74) is 5.10. The van der Waals surface area contributed by atoms with Crippen LogP contribution in [0.4, 0.5) is 0 Å². The first-order valence-electron chi connectivity index (χ1n) is 2.18. The highest BCUT2D eigenvalue weighted by molar-refractivity contribution is 7.92. The Bertz CT molecular complexity index is 84.6. The monoisotopic (exact) mass is 136 g/mol. The van der Waals surface area contributed by atoms with E-state index in [1.165, 1.54) is 11.9 Å². The average Bonchev–Trinajstić information content (AvgIpc) is 1.83. The van der Waals surface area contributed by atoms with Gasteiger partial charge >= 0.3 is 6.02 Å². The van der Waals surface area contributed by atoms with Crippen molar-refractivity contribution >= 4 is 18.0 Å². The van der Waals surface area contributed by atoms with Gasteiger partial charge in [-0.3, -0.25) is 5.73 Å². The molecule has 0 unspecified atom stereocenters. The largest absolute Gasteiger partial charge is 0.470 e. The highest BCUT2D eigenvalue weighted by Crippen LogP contribution is 1.73. The van der Waals surface area contributed by atoms with Gasteiger partial charge in [-0.2, -0.15) is 10.3 Å². The van der Waals surface area contributed by atoms with Gasteiger partial charge in [-0.1, -0.05) is 6.92 Å². The van der Waals surface area contributed by atoms with E-state index in [1.807, 2.05) is 6.92 Å². The molecule has 0 bridgehead atoms. The predicted molar refractivity (Wildman–Crippen MR) is 33.6 cm³/mol. The molecule has 5 N–H and O–H groups in total. The lowest BCUT2D eigenvalue weighted by atomic mass is 11.0. The van der Waals surface area contributed by atoms with Crippen LogP contribution in [-0.4, -0.2) is 11.8 Å². The Hall–Kier alpha value is -0.420. The molecule has 0 aromatic carbocycles. The van der Waals surface area contributed by atoms with Crippen LogP contribution in [0.1, 0.15) is 6.92 Å². The van der Waals surface area contributed by atoms with Gasteiger partial charge in [-0.05, 0) is 0 Å². The van der Waals surface area contributed by atoms with Crippen molar-refractivity contribution in [1.82, 2.24) is 0 Å². The SMILES string of the molecule is CCS[NH+]=C(N)ON. The summed E-state index contributed by atoms with van der Waals surface area (Å²) in [6.45, 7) is 1.99. The van der Waals surface area contributed by atoms with Crippen molar-refractivity contribution in [3.05, 3.63) is 0 Å². The highest BCUT2D eigenvalue weighted by atomic mass is 32.2. The molecular formula is C3H10N3OS+. The smallest absolute Gasteiger partial charge is 0.338 e. The second-order valence-electron chi connectivity index (χ2n) is 1.02. The van der Waals surface area contributed by atoms with E-state index in [-0.39, 0.29) is 6.02 Å². The molecule has 0 radical (unpaired) electrons. The van der Waals surface area contributed by atoms with E-state index in [0.29, 0.717) is 0 Å². The third-order valence-corrected chi connectivity index (χ3v) is 1.08. The van der Waals surface area contributed by atoms with Crippen LogP contribution in [0.3, 0.4) is 0 Å². The molecule has 0 aromatic rings. The Kier molecular flexibility index (Phi) is 4.48. The fraction of sp³-hybridized carbons (Fsp3) is 0.667. The van der Waals surface area contributed by atoms with Crippen molar-refractivity contribution in [2.45, 2.75) is 6.92 Å². The normalized spacial score (nSPS) is 11.5. The van der Waals surface area contributed by atoms with Gasteiger partial charge in [0.25, 0.3) is 0 Å². The Morgan fingerprint density at radius 2 is 2.50 bits per heavy atom. The molecular weight excluding hydrogens is 126 g/mol. The fourth-order valence-corrected chi connectivity index (χ4v) is 0.502. The zero-order valence-corrected chi connectivity index (χ0v) is 5.49. The van der Waals surface area contributed by atoms with Crippen LogP contribution in [0, 0.1) is 0 Å². The molecule has 4 nitrogen and oxygen atoms in total. The first kappa shape index (κ1) is 7.58. The minimum Gasteiger partial charge on any atom is -0.338 e. The molecule has 8 heavy (non-hydrogen) atoms. The zero-order valence-electron chi connectivity index (χ0n) is 4.68. The van der Waals surface area contributed by atoms with Gasteiger partial charge in [-0.25, -0.2) is 0 Å². The van der Waals surface area contributed by atoms with Gasteiger partial charge in [0.05, 0.1) is 11.9 Å². The Balaban J connectivity index is 3.26. The van der Waals surface area contributed by atoms with Crippen molar-refractivity contribution in [1.29, 1.82) is 0 Å². The van der Waals surface area contributed by atoms with E-state index in [2.05, 4.69) is 15.1 Å². The summed E-state index contributed by atoms with van der Waals surface area (Å²) in [6, 6.07) is 0.136. The summed E-state index contributed by atoms with van der Waals surface area (Å²) in [5, 5.41) is 0. The van der Waals surface area contributed by atoms with Gasteiger partial charge < -0.3 is 4.84 Å². The molecule has 0 aliphatic carbocycles. The molecule has 0 aliphatic heterocycles. The van der Waals surface area contributed by atoms with Gasteiger partial charge in [0.15, 0.2) is 0 Å². The average molecular weight is 136 g/mol. The van der Waals surface area contributed by atoms with Crippen LogP contribution in [0.15, 0.2) is 0 Å². The molecule has 0 saturated heterocycles. The summed E-state index contributed by atoms with van der Waals surface area (Å²) >= 11 is 1.42. The molecule has 0 fully saturated rings. The molecule has 0 amide bonds. The summed E-state index contributed by atoms with van der Waals surface area (Å²) in [4.78, 5) is 4.11. The number of nitrogens with one attached hydrogen (secondary N) is 1. The fourth-order valence-electron chi connectivity index (χ4n) is 0.167. The number of hydrogen-bond donors (Lipinski definition) is 3. The van der Waals surface area contributed by atoms with Crippen LogP contribution in [0.5, 0.6) is 0 Å². The first-order valence-corrected chi connectivity index (χ1v) is 3.16. The summed E-state index contributed by atoms with van der Waals surface area (Å²) in [5.74, 6) is 5.60. The molecule has 0 aromatic heterocycles. The molecule has 0 aliphatic rings. The number of nitrogens with two attached hydrogens (primary N) is 2. The minimum absolute atomic E-state index is 0.136. The lowest BCUT2D eigenvalue weighted by Gasteiger charge is -1.85. The number of rotatable bonds is 2. The Morgan fingerprint density at radius 3 is 2.88 bits per heavy atom. The predicted octanol–water partition coefficient (Wildman–Crippen LogP) is -2.06. The molecule has 0 heterocycles. The summed E-state index contributed by atoms with van der Waals surface area (Å²) in [7, 11) is 0. The van der Waals surface area contributed by atoms with Gasteiger partial charge in [-0.15, -0.1) is 0 Å². The van der Waals surface area contributed by atoms with Crippen LogP contribution >= 0.6 is 11.9 Å². The van der Waals surface area contributed by atoms with Crippen molar-refractivity contribution in [2.24, 2.45) is 11.6 Å². The second kappa shape index (κ2) is 4.73. The van der Waals surface area contributed by atoms with Crippen LogP contribution < -0.4 is 16.0 Å². The van der Waals surface area contributed by atoms with Crippen molar-refractivity contribution < 1.29 is 9.24 Å². The van der Waals surface area contributed by atoms with E-state index in [4.69, 9.17) is 5.73 Å². The standard InChI is InChI=1S/C3H9N3OS/c1-2-8-6-3(4)7-5/h2,5H2,1H3,(H2,4,6)/p+1. The maximum Gasteiger partial charge on any atom is 0.470 e. The van der Waals surface area contributed by atoms with Crippen LogP contribution in [-0.2, 0) is 4.84 Å². The second-order valence-corrected chi connectivity index (χ2v) is 2.09. The highest BCUT2D eigenvalue weighted by Gasteiger charge is 1.92. The molecule has 0 atom stereocenters. The molecule has 0 spiro atoms. The van der Waals surface area contributed by atoms with E-state index < -0.39 is 0 Å². The van der Waals surface area contributed by atoms with Crippen LogP contribution in [0.25, 0.3) is 0 Å². The van der Waals surface area contributed by atoms with E-state index in [9.17, 15) is 0 Å². The van der Waals surface area contributed by atoms with E-state index in [1.54, 1.807) is 0 Å². The molecule has 0 rings (SSSR count). The number of hydrogen-bond acceptors (Lipinski definition) is 3. The maximum atomic E-state index is 5.10. The first-order chi connectivity index (χ1) is 3.81. The molecule has 5 heteroatoms. The topological polar surface area (TPSA) is 75.2 Å². The van der Waals surface area contributed by atoms with E-state index in [0.717, 1.165) is 5.75 Å². The van der Waals surface area contributed by atoms with E-state index >= 15 is 0 Å². The van der Waals surface area contributed by atoms with Gasteiger partial charge in [0, 0.05) is 5.75 Å². The third kappa shape index (κ3) is 3.76. The van der Waals surface area contributed by atoms with Gasteiger partial charge in [0.2, 0.25) is 0 Å². The van der Waals surface area contributed by atoms with Crippen molar-refractivity contribution in [3.63, 3.8) is 0 Å². The van der Waals surface area contributed by atoms with Crippen LogP contribution in [0.2, 0.25) is 0 Å². The zero-order chi connectivity index (χ0) is 6.41. The van der Waals surface area contributed by atoms with Gasteiger partial charge in [0.1, 0.15) is 0 Å². The molecule has 0 saturated carbocycles. The Morgan fingerprint density at radius 1 is 1.88 bits per heavy atom. The Labute approximate surface area is 52.4 Å². The summed E-state index contributed by atoms with van der Waals surface area (Å²) < 4.78 is 2.65. The lowest BCUT2D eigenvalue weighted by Crippen LogP contribution is -2.68. The minimum atomic E-state index is 0.136. The summed E-state index contributed by atoms with van der Waals surface area (Å²) in [6.07, 6.45) is 0.